The normalized spacial score (nSPS) is 22.5. The molecule has 0 saturated carbocycles. The largest absolute Gasteiger partial charge is 0.324 e. The van der Waals surface area contributed by atoms with Crippen LogP contribution in [0.4, 0.5) is 0 Å². The van der Waals surface area contributed by atoms with Crippen LogP contribution in [0.15, 0.2) is 121 Å². The molecular weight excluding hydrogens is 464 g/mol. The molecule has 7 rings (SSSR count). The second kappa shape index (κ2) is 8.55. The van der Waals surface area contributed by atoms with Crippen LogP contribution < -0.4 is 16.3 Å². The van der Waals surface area contributed by atoms with E-state index in [9.17, 15) is 0 Å². The molecule has 174 valence electrons. The monoisotopic (exact) mass is 486 g/mol. The Labute approximate surface area is 212 Å². The van der Waals surface area contributed by atoms with Gasteiger partial charge in [0.05, 0.1) is 0 Å². The van der Waals surface area contributed by atoms with Gasteiger partial charge in [-0.3, -0.25) is 5.32 Å². The fourth-order valence-corrected chi connectivity index (χ4v) is 5.56. The van der Waals surface area contributed by atoms with E-state index in [2.05, 4.69) is 84.0 Å². The number of H-pyrrole nitrogens is 1. The molecule has 0 radical (unpaired) electrons. The number of aromatic amines is 1. The van der Waals surface area contributed by atoms with E-state index in [0.29, 0.717) is 11.7 Å². The van der Waals surface area contributed by atoms with E-state index in [1.165, 1.54) is 5.56 Å². The van der Waals surface area contributed by atoms with Gasteiger partial charge in [-0.15, -0.1) is 0 Å². The quantitative estimate of drug-likeness (QED) is 0.440. The van der Waals surface area contributed by atoms with Crippen molar-refractivity contribution >= 4 is 34.2 Å². The summed E-state index contributed by atoms with van der Waals surface area (Å²) in [4.78, 5) is 25.7. The highest BCUT2D eigenvalue weighted by molar-refractivity contribution is 8.03. The van der Waals surface area contributed by atoms with E-state index < -0.39 is 0 Å². The predicted molar refractivity (Wildman–Crippen MR) is 145 cm³/mol. The van der Waals surface area contributed by atoms with Crippen molar-refractivity contribution in [3.63, 3.8) is 0 Å². The van der Waals surface area contributed by atoms with Crippen molar-refractivity contribution in [3.05, 3.63) is 124 Å². The summed E-state index contributed by atoms with van der Waals surface area (Å²) in [5.41, 5.74) is 4.74. The minimum atomic E-state index is -0.327. The van der Waals surface area contributed by atoms with E-state index in [1.54, 1.807) is 11.8 Å². The third kappa shape index (κ3) is 3.73. The van der Waals surface area contributed by atoms with Crippen molar-refractivity contribution < 1.29 is 0 Å². The van der Waals surface area contributed by atoms with Crippen molar-refractivity contribution in [2.45, 2.75) is 24.2 Å². The van der Waals surface area contributed by atoms with Crippen molar-refractivity contribution in [3.8, 4) is 0 Å². The first-order valence-corrected chi connectivity index (χ1v) is 12.7. The molecule has 0 fully saturated rings. The molecule has 6 bridgehead atoms. The molecule has 3 aliphatic heterocycles. The first-order chi connectivity index (χ1) is 17.7. The summed E-state index contributed by atoms with van der Waals surface area (Å²) in [6.07, 6.45) is 5.64. The van der Waals surface area contributed by atoms with Gasteiger partial charge >= 0.3 is 0 Å². The van der Waals surface area contributed by atoms with E-state index in [-0.39, 0.29) is 12.3 Å². The van der Waals surface area contributed by atoms with Gasteiger partial charge in [0.15, 0.2) is 11.7 Å². The Morgan fingerprint density at radius 2 is 1.47 bits per heavy atom. The fraction of sp³-hybridized carbons (Fsp3) is 0.103. The van der Waals surface area contributed by atoms with Crippen LogP contribution in [0.25, 0.3) is 10.8 Å². The molecule has 2 atom stereocenters. The summed E-state index contributed by atoms with van der Waals surface area (Å²) in [6.45, 7) is 2.10. The summed E-state index contributed by atoms with van der Waals surface area (Å²) in [5, 5.41) is 5.69. The summed E-state index contributed by atoms with van der Waals surface area (Å²) in [6, 6.07) is 24.9. The van der Waals surface area contributed by atoms with Gasteiger partial charge < -0.3 is 4.98 Å². The van der Waals surface area contributed by atoms with E-state index in [0.717, 1.165) is 42.7 Å². The summed E-state index contributed by atoms with van der Waals surface area (Å²) in [7, 11) is 0. The number of aliphatic imine (C=N–C) groups is 2. The van der Waals surface area contributed by atoms with Crippen LogP contribution in [0.2, 0.25) is 0 Å². The van der Waals surface area contributed by atoms with Crippen molar-refractivity contribution in [1.29, 1.82) is 0 Å². The highest BCUT2D eigenvalue weighted by atomic mass is 32.2. The smallest absolute Gasteiger partial charge is 0.164 e. The molecule has 7 heteroatoms. The molecular formula is C29H22N6S. The van der Waals surface area contributed by atoms with Crippen LogP contribution >= 0.6 is 11.8 Å². The zero-order valence-electron chi connectivity index (χ0n) is 19.5. The molecule has 0 amide bonds. The van der Waals surface area contributed by atoms with Crippen LogP contribution in [0, 0.1) is 6.92 Å². The fourth-order valence-electron chi connectivity index (χ4n) is 4.64. The van der Waals surface area contributed by atoms with E-state index in [4.69, 9.17) is 20.0 Å². The summed E-state index contributed by atoms with van der Waals surface area (Å²) in [5.74, 6) is 1.33. The number of amidine groups is 2. The number of allylic oxidation sites excluding steroid dienone is 2. The Hall–Kier alpha value is -4.07. The average Bonchev–Trinajstić information content (AvgIpc) is 3.34. The van der Waals surface area contributed by atoms with Crippen molar-refractivity contribution in [1.82, 2.24) is 10.3 Å². The van der Waals surface area contributed by atoms with Crippen LogP contribution in [-0.2, 0) is 0 Å². The SMILES string of the molecule is Cc1ccc(SC2=CC=CC3/N=c4\[nH]c(c5ccccc45)=NC4=N/C(=N\C2N3)c2ccccc24)cc1. The number of thioether (sulfide) groups is 1. The van der Waals surface area contributed by atoms with Crippen LogP contribution in [0.3, 0.4) is 0 Å². The lowest BCUT2D eigenvalue weighted by Crippen LogP contribution is -2.37. The molecule has 2 N–H and O–H groups in total. The minimum absolute atomic E-state index is 0.277. The lowest BCUT2D eigenvalue weighted by Gasteiger charge is -2.20. The number of rotatable bonds is 2. The first-order valence-electron chi connectivity index (χ1n) is 11.9. The number of nitrogens with zero attached hydrogens (tertiary/aromatic N) is 4. The highest BCUT2D eigenvalue weighted by Crippen LogP contribution is 2.32. The molecule has 0 saturated heterocycles. The highest BCUT2D eigenvalue weighted by Gasteiger charge is 2.26. The predicted octanol–water partition coefficient (Wildman–Crippen LogP) is 4.42. The standard InChI is InChI=1S/C29H22N6S/c1-17-13-15-18(16-14-17)36-23-11-6-12-24-30-25-19-7-2-3-8-20(19)26(32-25)33-27-21-9-4-5-10-22(21)28(34-27)35-29(23)31-24/h2-16,24,29,31H,1H3,(H,30,32,33,34,35). The molecule has 3 aromatic carbocycles. The van der Waals surface area contributed by atoms with Crippen LogP contribution in [0.5, 0.6) is 0 Å². The Morgan fingerprint density at radius 1 is 0.750 bits per heavy atom. The van der Waals surface area contributed by atoms with E-state index in [1.807, 2.05) is 24.3 Å². The molecule has 1 aromatic heterocycles. The molecule has 2 unspecified atom stereocenters. The number of aromatic nitrogens is 1. The maximum atomic E-state index is 5.14. The van der Waals surface area contributed by atoms with Gasteiger partial charge in [-0.25, -0.2) is 20.0 Å². The van der Waals surface area contributed by atoms with Crippen molar-refractivity contribution in [2.75, 3.05) is 0 Å². The minimum Gasteiger partial charge on any atom is -0.324 e. The first kappa shape index (κ1) is 21.2. The molecule has 36 heavy (non-hydrogen) atoms. The number of nitrogens with one attached hydrogen (secondary N) is 2. The maximum Gasteiger partial charge on any atom is 0.164 e. The van der Waals surface area contributed by atoms with Crippen molar-refractivity contribution in [2.24, 2.45) is 20.0 Å². The number of hydrogen-bond acceptors (Lipinski definition) is 6. The zero-order chi connectivity index (χ0) is 24.1. The average molecular weight is 487 g/mol. The van der Waals surface area contributed by atoms with Gasteiger partial charge in [0, 0.05) is 31.7 Å². The lowest BCUT2D eigenvalue weighted by atomic mass is 10.1. The maximum absolute atomic E-state index is 5.14. The van der Waals surface area contributed by atoms with Crippen LogP contribution in [-0.4, -0.2) is 29.0 Å². The van der Waals surface area contributed by atoms with Gasteiger partial charge in [0.2, 0.25) is 0 Å². The number of benzene rings is 3. The second-order valence-corrected chi connectivity index (χ2v) is 10.1. The molecule has 6 nitrogen and oxygen atoms in total. The Morgan fingerprint density at radius 3 is 2.28 bits per heavy atom. The molecule has 3 aliphatic rings. The number of hydrogen-bond donors (Lipinski definition) is 2. The lowest BCUT2D eigenvalue weighted by molar-refractivity contribution is 0.546. The number of fused-ring (bicyclic) bond motifs is 11. The van der Waals surface area contributed by atoms with Crippen LogP contribution in [0.1, 0.15) is 16.7 Å². The second-order valence-electron chi connectivity index (χ2n) is 8.93. The third-order valence-electron chi connectivity index (χ3n) is 6.44. The molecule has 4 aromatic rings. The zero-order valence-corrected chi connectivity index (χ0v) is 20.3. The van der Waals surface area contributed by atoms with Gasteiger partial charge in [-0.2, -0.15) is 0 Å². The Bertz CT molecular complexity index is 1760. The van der Waals surface area contributed by atoms with Gasteiger partial charge in [-0.1, -0.05) is 84.1 Å². The Kier molecular flexibility index (Phi) is 5.04. The summed E-state index contributed by atoms with van der Waals surface area (Å²) < 4.78 is 0. The number of aryl methyl sites for hydroxylation is 1. The van der Waals surface area contributed by atoms with E-state index >= 15 is 0 Å². The molecule has 4 heterocycles. The molecule has 0 aliphatic carbocycles. The summed E-state index contributed by atoms with van der Waals surface area (Å²) >= 11 is 1.70. The van der Waals surface area contributed by atoms with Gasteiger partial charge in [-0.05, 0) is 31.2 Å². The van der Waals surface area contributed by atoms with Gasteiger partial charge in [0.1, 0.15) is 23.3 Å². The Balaban J connectivity index is 1.43. The third-order valence-corrected chi connectivity index (χ3v) is 7.54. The molecule has 0 spiro atoms. The topological polar surface area (TPSA) is 77.3 Å². The van der Waals surface area contributed by atoms with Gasteiger partial charge in [0.25, 0.3) is 0 Å².